The molecule has 0 saturated carbocycles. The van der Waals surface area contributed by atoms with Gasteiger partial charge in [0.1, 0.15) is 5.75 Å². The highest BCUT2D eigenvalue weighted by Crippen LogP contribution is 2.33. The van der Waals surface area contributed by atoms with Crippen molar-refractivity contribution in [2.75, 3.05) is 22.5 Å². The number of hydrogen-bond donors (Lipinski definition) is 2. The number of para-hydroxylation sites is 2. The van der Waals surface area contributed by atoms with Crippen molar-refractivity contribution in [3.8, 4) is 5.75 Å². The van der Waals surface area contributed by atoms with Crippen molar-refractivity contribution in [2.24, 2.45) is 0 Å². The predicted octanol–water partition coefficient (Wildman–Crippen LogP) is 2.76. The van der Waals surface area contributed by atoms with Crippen LogP contribution >= 0.6 is 12.4 Å². The highest BCUT2D eigenvalue weighted by Gasteiger charge is 2.32. The molecule has 0 aromatic heterocycles. The van der Waals surface area contributed by atoms with Crippen LogP contribution in [0.25, 0.3) is 0 Å². The van der Waals surface area contributed by atoms with Gasteiger partial charge >= 0.3 is 0 Å². The predicted molar refractivity (Wildman–Crippen MR) is 103 cm³/mol. The SMILES string of the molecule is Cl.Nc1cccc2c1CCCN2C(=O)CC1Oc2ccccc2NC1=O. The monoisotopic (exact) mass is 373 g/mol. The van der Waals surface area contributed by atoms with Crippen molar-refractivity contribution in [1.82, 2.24) is 0 Å². The molecule has 2 aromatic carbocycles. The number of anilines is 3. The molecule has 26 heavy (non-hydrogen) atoms. The van der Waals surface area contributed by atoms with Gasteiger partial charge in [-0.25, -0.2) is 0 Å². The van der Waals surface area contributed by atoms with Crippen molar-refractivity contribution >= 4 is 41.3 Å². The second-order valence-corrected chi connectivity index (χ2v) is 6.29. The minimum Gasteiger partial charge on any atom is -0.478 e. The van der Waals surface area contributed by atoms with Gasteiger partial charge < -0.3 is 20.7 Å². The standard InChI is InChI=1S/C19H19N3O3.ClH/c20-13-6-3-8-15-12(13)5-4-10-22(15)18(23)11-17-19(24)21-14-7-1-2-9-16(14)25-17;/h1-3,6-9,17H,4-5,10-11,20H2,(H,21,24);1H. The number of rotatable bonds is 2. The van der Waals surface area contributed by atoms with E-state index in [4.69, 9.17) is 10.5 Å². The lowest BCUT2D eigenvalue weighted by Crippen LogP contribution is -2.43. The third kappa shape index (κ3) is 3.20. The number of benzene rings is 2. The van der Waals surface area contributed by atoms with E-state index in [-0.39, 0.29) is 30.6 Å². The lowest BCUT2D eigenvalue weighted by atomic mass is 9.99. The summed E-state index contributed by atoms with van der Waals surface area (Å²) in [5.41, 5.74) is 9.21. The van der Waals surface area contributed by atoms with Crippen LogP contribution in [0.5, 0.6) is 5.75 Å². The molecule has 0 saturated heterocycles. The third-order valence-electron chi connectivity index (χ3n) is 4.65. The second kappa shape index (κ2) is 7.25. The zero-order valence-corrected chi connectivity index (χ0v) is 14.9. The number of nitrogens with zero attached hydrogens (tertiary/aromatic N) is 1. The normalized spacial score (nSPS) is 17.9. The number of halogens is 1. The average molecular weight is 374 g/mol. The Morgan fingerprint density at radius 3 is 2.88 bits per heavy atom. The Balaban J connectivity index is 0.00000196. The molecule has 0 aliphatic carbocycles. The lowest BCUT2D eigenvalue weighted by Gasteiger charge is -2.32. The summed E-state index contributed by atoms with van der Waals surface area (Å²) in [6.07, 6.45) is 0.885. The fourth-order valence-electron chi connectivity index (χ4n) is 3.41. The number of amides is 2. The summed E-state index contributed by atoms with van der Waals surface area (Å²) in [5.74, 6) is 0.158. The van der Waals surface area contributed by atoms with E-state index in [0.717, 1.165) is 24.1 Å². The smallest absolute Gasteiger partial charge is 0.266 e. The molecule has 2 aliphatic heterocycles. The maximum atomic E-state index is 12.8. The first-order chi connectivity index (χ1) is 12.1. The molecule has 0 bridgehead atoms. The van der Waals surface area contributed by atoms with E-state index in [1.54, 1.807) is 17.0 Å². The minimum absolute atomic E-state index is 0. The van der Waals surface area contributed by atoms with Gasteiger partial charge in [-0.1, -0.05) is 18.2 Å². The van der Waals surface area contributed by atoms with Crippen LogP contribution in [0.4, 0.5) is 17.1 Å². The van der Waals surface area contributed by atoms with Crippen LogP contribution in [0.1, 0.15) is 18.4 Å². The molecular weight excluding hydrogens is 354 g/mol. The first-order valence-electron chi connectivity index (χ1n) is 8.38. The molecule has 1 unspecified atom stereocenters. The molecular formula is C19H20ClN3O3. The van der Waals surface area contributed by atoms with E-state index in [1.165, 1.54) is 0 Å². The van der Waals surface area contributed by atoms with Gasteiger partial charge in [-0.3, -0.25) is 9.59 Å². The van der Waals surface area contributed by atoms with Gasteiger partial charge in [-0.2, -0.15) is 0 Å². The van der Waals surface area contributed by atoms with E-state index < -0.39 is 6.10 Å². The molecule has 4 rings (SSSR count). The fourth-order valence-corrected chi connectivity index (χ4v) is 3.41. The maximum Gasteiger partial charge on any atom is 0.266 e. The fraction of sp³-hybridized carbons (Fsp3) is 0.263. The van der Waals surface area contributed by atoms with E-state index in [2.05, 4.69) is 5.32 Å². The molecule has 3 N–H and O–H groups in total. The summed E-state index contributed by atoms with van der Waals surface area (Å²) in [6.45, 7) is 0.625. The number of carbonyl (C=O) groups is 2. The van der Waals surface area contributed by atoms with Crippen molar-refractivity contribution in [2.45, 2.75) is 25.4 Å². The summed E-state index contributed by atoms with van der Waals surface area (Å²) in [4.78, 5) is 26.8. The molecule has 2 aliphatic rings. The molecule has 1 atom stereocenters. The highest BCUT2D eigenvalue weighted by atomic mass is 35.5. The first-order valence-corrected chi connectivity index (χ1v) is 8.38. The van der Waals surface area contributed by atoms with Crippen LogP contribution in [0.3, 0.4) is 0 Å². The summed E-state index contributed by atoms with van der Waals surface area (Å²) in [6, 6.07) is 12.8. The van der Waals surface area contributed by atoms with Gasteiger partial charge in [-0.05, 0) is 42.7 Å². The molecule has 0 spiro atoms. The Hall–Kier alpha value is -2.73. The van der Waals surface area contributed by atoms with Gasteiger partial charge in [0.15, 0.2) is 6.10 Å². The van der Waals surface area contributed by atoms with Crippen molar-refractivity contribution in [3.05, 3.63) is 48.0 Å². The van der Waals surface area contributed by atoms with Crippen LogP contribution in [0, 0.1) is 0 Å². The second-order valence-electron chi connectivity index (χ2n) is 6.29. The number of fused-ring (bicyclic) bond motifs is 2. The number of ether oxygens (including phenoxy) is 1. The Morgan fingerprint density at radius 2 is 2.04 bits per heavy atom. The lowest BCUT2D eigenvalue weighted by molar-refractivity contribution is -0.129. The van der Waals surface area contributed by atoms with Crippen molar-refractivity contribution < 1.29 is 14.3 Å². The number of nitrogen functional groups attached to an aromatic ring is 1. The molecule has 2 heterocycles. The third-order valence-corrected chi connectivity index (χ3v) is 4.65. The average Bonchev–Trinajstić information content (AvgIpc) is 2.62. The van der Waals surface area contributed by atoms with Gasteiger partial charge in [0, 0.05) is 17.9 Å². The van der Waals surface area contributed by atoms with Gasteiger partial charge in [0.2, 0.25) is 5.91 Å². The molecule has 0 fully saturated rings. The van der Waals surface area contributed by atoms with Crippen LogP contribution in [0.2, 0.25) is 0 Å². The van der Waals surface area contributed by atoms with Crippen molar-refractivity contribution in [3.63, 3.8) is 0 Å². The summed E-state index contributed by atoms with van der Waals surface area (Å²) in [5, 5.41) is 2.79. The molecule has 7 heteroatoms. The quantitative estimate of drug-likeness (QED) is 0.793. The summed E-state index contributed by atoms with van der Waals surface area (Å²) in [7, 11) is 0. The van der Waals surface area contributed by atoms with Crippen LogP contribution < -0.4 is 20.7 Å². The van der Waals surface area contributed by atoms with Crippen LogP contribution in [0.15, 0.2) is 42.5 Å². The molecule has 136 valence electrons. The molecule has 2 aromatic rings. The molecule has 0 radical (unpaired) electrons. The largest absolute Gasteiger partial charge is 0.478 e. The number of carbonyl (C=O) groups excluding carboxylic acids is 2. The first kappa shape index (κ1) is 18.1. The maximum absolute atomic E-state index is 12.8. The van der Waals surface area contributed by atoms with Crippen molar-refractivity contribution in [1.29, 1.82) is 0 Å². The molecule has 2 amide bonds. The topological polar surface area (TPSA) is 84.7 Å². The summed E-state index contributed by atoms with van der Waals surface area (Å²) < 4.78 is 5.73. The number of nitrogens with two attached hydrogens (primary N) is 1. The van der Waals surface area contributed by atoms with E-state index in [9.17, 15) is 9.59 Å². The summed E-state index contributed by atoms with van der Waals surface area (Å²) >= 11 is 0. The van der Waals surface area contributed by atoms with Gasteiger partial charge in [-0.15, -0.1) is 12.4 Å². The number of nitrogens with one attached hydrogen (secondary N) is 1. The Kier molecular flexibility index (Phi) is 5.04. The number of hydrogen-bond acceptors (Lipinski definition) is 4. The highest BCUT2D eigenvalue weighted by molar-refractivity contribution is 6.03. The minimum atomic E-state index is -0.825. The van der Waals surface area contributed by atoms with E-state index >= 15 is 0 Å². The van der Waals surface area contributed by atoms with Gasteiger partial charge in [0.05, 0.1) is 12.1 Å². The van der Waals surface area contributed by atoms with E-state index in [1.807, 2.05) is 30.3 Å². The van der Waals surface area contributed by atoms with Crippen LogP contribution in [-0.4, -0.2) is 24.5 Å². The Morgan fingerprint density at radius 1 is 1.23 bits per heavy atom. The van der Waals surface area contributed by atoms with Crippen LogP contribution in [-0.2, 0) is 16.0 Å². The Labute approximate surface area is 157 Å². The zero-order chi connectivity index (χ0) is 17.4. The zero-order valence-electron chi connectivity index (χ0n) is 14.1. The molecule has 6 nitrogen and oxygen atoms in total. The Bertz CT molecular complexity index is 856. The van der Waals surface area contributed by atoms with E-state index in [0.29, 0.717) is 23.7 Å². The van der Waals surface area contributed by atoms with Gasteiger partial charge in [0.25, 0.3) is 5.91 Å².